The third-order valence-corrected chi connectivity index (χ3v) is 3.52. The Hall–Kier alpha value is -1.76. The summed E-state index contributed by atoms with van der Waals surface area (Å²) in [6.45, 7) is 2.44. The summed E-state index contributed by atoms with van der Waals surface area (Å²) in [6, 6.07) is 5.39. The highest BCUT2D eigenvalue weighted by atomic mass is 19.4. The molecule has 0 spiro atoms. The van der Waals surface area contributed by atoms with Crippen LogP contribution in [0.5, 0.6) is 5.75 Å². The summed E-state index contributed by atoms with van der Waals surface area (Å²) in [5.74, 6) is 0.283. The van der Waals surface area contributed by atoms with Crippen LogP contribution in [0.3, 0.4) is 0 Å². The SMILES string of the molecule is CCOc1cccc(CCC(N2CCC(=O)N2)C(F)(F)F)c1. The molecule has 1 amide bonds. The predicted molar refractivity (Wildman–Crippen MR) is 75.2 cm³/mol. The first-order chi connectivity index (χ1) is 10.4. The van der Waals surface area contributed by atoms with E-state index < -0.39 is 12.2 Å². The number of carbonyl (C=O) groups excluding carboxylic acids is 1. The molecule has 1 aliphatic rings. The molecule has 7 heteroatoms. The number of alkyl halides is 3. The van der Waals surface area contributed by atoms with Gasteiger partial charge in [-0.05, 0) is 37.5 Å². The lowest BCUT2D eigenvalue weighted by Gasteiger charge is -2.28. The largest absolute Gasteiger partial charge is 0.494 e. The van der Waals surface area contributed by atoms with E-state index in [1.165, 1.54) is 0 Å². The monoisotopic (exact) mass is 316 g/mol. The number of halogens is 3. The lowest BCUT2D eigenvalue weighted by atomic mass is 10.0. The Balaban J connectivity index is 2.02. The predicted octanol–water partition coefficient (Wildman–Crippen LogP) is 2.69. The number of benzene rings is 1. The smallest absolute Gasteiger partial charge is 0.405 e. The summed E-state index contributed by atoms with van der Waals surface area (Å²) in [6.07, 6.45) is -4.13. The zero-order chi connectivity index (χ0) is 16.2. The maximum absolute atomic E-state index is 13.2. The number of amides is 1. The van der Waals surface area contributed by atoms with Gasteiger partial charge in [0.05, 0.1) is 6.61 Å². The van der Waals surface area contributed by atoms with Crippen LogP contribution in [0.15, 0.2) is 24.3 Å². The van der Waals surface area contributed by atoms with E-state index in [0.717, 1.165) is 10.6 Å². The second kappa shape index (κ2) is 7.00. The summed E-state index contributed by atoms with van der Waals surface area (Å²) >= 11 is 0. The number of hydrazine groups is 1. The molecule has 1 N–H and O–H groups in total. The van der Waals surface area contributed by atoms with Gasteiger partial charge in [-0.2, -0.15) is 13.2 Å². The van der Waals surface area contributed by atoms with E-state index in [-0.39, 0.29) is 31.7 Å². The van der Waals surface area contributed by atoms with Gasteiger partial charge in [0.25, 0.3) is 0 Å². The third-order valence-electron chi connectivity index (χ3n) is 3.52. The molecule has 1 aromatic carbocycles. The van der Waals surface area contributed by atoms with Gasteiger partial charge in [-0.25, -0.2) is 5.01 Å². The molecule has 0 aromatic heterocycles. The van der Waals surface area contributed by atoms with Crippen LogP contribution in [-0.2, 0) is 11.2 Å². The molecule has 0 saturated carbocycles. The summed E-state index contributed by atoms with van der Waals surface area (Å²) in [5, 5.41) is 0.995. The molecule has 1 aliphatic heterocycles. The minimum absolute atomic E-state index is 0.0853. The summed E-state index contributed by atoms with van der Waals surface area (Å²) < 4.78 is 44.9. The molecule has 0 aliphatic carbocycles. The molecule has 2 rings (SSSR count). The Bertz CT molecular complexity index is 520. The van der Waals surface area contributed by atoms with Crippen molar-refractivity contribution in [2.24, 2.45) is 0 Å². The van der Waals surface area contributed by atoms with Crippen LogP contribution in [-0.4, -0.2) is 36.3 Å². The Morgan fingerprint density at radius 3 is 2.77 bits per heavy atom. The fourth-order valence-electron chi connectivity index (χ4n) is 2.48. The minimum atomic E-state index is -4.38. The van der Waals surface area contributed by atoms with Crippen LogP contribution in [0.25, 0.3) is 0 Å². The molecular formula is C15H19F3N2O2. The van der Waals surface area contributed by atoms with Gasteiger partial charge in [-0.1, -0.05) is 12.1 Å². The molecule has 1 atom stereocenters. The number of hydrogen-bond acceptors (Lipinski definition) is 3. The standard InChI is InChI=1S/C15H19F3N2O2/c1-2-22-12-5-3-4-11(10-12)6-7-13(15(16,17)18)20-9-8-14(21)19-20/h3-5,10,13H,2,6-9H2,1H3,(H,19,21). The molecule has 1 fully saturated rings. The number of carbonyl (C=O) groups is 1. The topological polar surface area (TPSA) is 41.6 Å². The lowest BCUT2D eigenvalue weighted by molar-refractivity contribution is -0.189. The minimum Gasteiger partial charge on any atom is -0.494 e. The van der Waals surface area contributed by atoms with Crippen molar-refractivity contribution in [3.05, 3.63) is 29.8 Å². The van der Waals surface area contributed by atoms with E-state index in [0.29, 0.717) is 12.4 Å². The van der Waals surface area contributed by atoms with Crippen molar-refractivity contribution in [3.63, 3.8) is 0 Å². The van der Waals surface area contributed by atoms with Crippen molar-refractivity contribution in [1.29, 1.82) is 0 Å². The van der Waals surface area contributed by atoms with E-state index >= 15 is 0 Å². The highest BCUT2D eigenvalue weighted by Crippen LogP contribution is 2.29. The van der Waals surface area contributed by atoms with Crippen LogP contribution in [0.2, 0.25) is 0 Å². The Morgan fingerprint density at radius 1 is 1.41 bits per heavy atom. The molecule has 0 bridgehead atoms. The van der Waals surface area contributed by atoms with E-state index in [4.69, 9.17) is 4.74 Å². The van der Waals surface area contributed by atoms with Crippen LogP contribution < -0.4 is 10.2 Å². The quantitative estimate of drug-likeness (QED) is 0.877. The normalized spacial score (nSPS) is 17.4. The number of hydrogen-bond donors (Lipinski definition) is 1. The first kappa shape index (κ1) is 16.6. The average molecular weight is 316 g/mol. The Kier molecular flexibility index (Phi) is 5.28. The summed E-state index contributed by atoms with van der Waals surface area (Å²) in [5.41, 5.74) is 3.06. The highest BCUT2D eigenvalue weighted by molar-refractivity contribution is 5.77. The molecule has 4 nitrogen and oxygen atoms in total. The van der Waals surface area contributed by atoms with Gasteiger partial charge in [0, 0.05) is 13.0 Å². The maximum atomic E-state index is 13.2. The van der Waals surface area contributed by atoms with E-state index in [1.54, 1.807) is 24.3 Å². The van der Waals surface area contributed by atoms with E-state index in [9.17, 15) is 18.0 Å². The fraction of sp³-hybridized carbons (Fsp3) is 0.533. The van der Waals surface area contributed by atoms with Crippen LogP contribution >= 0.6 is 0 Å². The van der Waals surface area contributed by atoms with Gasteiger partial charge in [-0.3, -0.25) is 10.2 Å². The Labute approximate surface area is 127 Å². The van der Waals surface area contributed by atoms with Gasteiger partial charge in [-0.15, -0.1) is 0 Å². The lowest BCUT2D eigenvalue weighted by Crippen LogP contribution is -2.50. The van der Waals surface area contributed by atoms with Crippen molar-refractivity contribution in [1.82, 2.24) is 10.4 Å². The van der Waals surface area contributed by atoms with Crippen molar-refractivity contribution in [2.45, 2.75) is 38.4 Å². The molecule has 1 aromatic rings. The summed E-state index contributed by atoms with van der Waals surface area (Å²) in [7, 11) is 0. The molecule has 122 valence electrons. The molecule has 1 saturated heterocycles. The van der Waals surface area contributed by atoms with Gasteiger partial charge in [0.15, 0.2) is 0 Å². The second-order valence-electron chi connectivity index (χ2n) is 5.15. The zero-order valence-electron chi connectivity index (χ0n) is 12.3. The van der Waals surface area contributed by atoms with Gasteiger partial charge in [0.2, 0.25) is 5.91 Å². The molecular weight excluding hydrogens is 297 g/mol. The average Bonchev–Trinajstić information content (AvgIpc) is 2.85. The highest BCUT2D eigenvalue weighted by Gasteiger charge is 2.45. The van der Waals surface area contributed by atoms with Crippen molar-refractivity contribution in [3.8, 4) is 5.75 Å². The van der Waals surface area contributed by atoms with Crippen molar-refractivity contribution < 1.29 is 22.7 Å². The number of ether oxygens (including phenoxy) is 1. The number of rotatable bonds is 6. The number of aryl methyl sites for hydroxylation is 1. The van der Waals surface area contributed by atoms with Crippen LogP contribution in [0.4, 0.5) is 13.2 Å². The Morgan fingerprint density at radius 2 is 2.18 bits per heavy atom. The first-order valence-corrected chi connectivity index (χ1v) is 7.24. The van der Waals surface area contributed by atoms with Crippen LogP contribution in [0.1, 0.15) is 25.3 Å². The maximum Gasteiger partial charge on any atom is 0.405 e. The van der Waals surface area contributed by atoms with Crippen LogP contribution in [0, 0.1) is 0 Å². The zero-order valence-corrected chi connectivity index (χ0v) is 12.3. The summed E-state index contributed by atoms with van der Waals surface area (Å²) in [4.78, 5) is 11.1. The fourth-order valence-corrected chi connectivity index (χ4v) is 2.48. The van der Waals surface area contributed by atoms with Crippen molar-refractivity contribution >= 4 is 5.91 Å². The van der Waals surface area contributed by atoms with Gasteiger partial charge < -0.3 is 4.74 Å². The number of nitrogens with zero attached hydrogens (tertiary/aromatic N) is 1. The third kappa shape index (κ3) is 4.37. The second-order valence-corrected chi connectivity index (χ2v) is 5.15. The van der Waals surface area contributed by atoms with Gasteiger partial charge in [0.1, 0.15) is 11.8 Å². The van der Waals surface area contributed by atoms with E-state index in [2.05, 4.69) is 5.43 Å². The molecule has 1 heterocycles. The molecule has 1 unspecified atom stereocenters. The molecule has 22 heavy (non-hydrogen) atoms. The van der Waals surface area contributed by atoms with Gasteiger partial charge >= 0.3 is 6.18 Å². The number of nitrogens with one attached hydrogen (secondary N) is 1. The molecule has 0 radical (unpaired) electrons. The van der Waals surface area contributed by atoms with Crippen molar-refractivity contribution in [2.75, 3.05) is 13.2 Å². The van der Waals surface area contributed by atoms with E-state index in [1.807, 2.05) is 6.92 Å². The first-order valence-electron chi connectivity index (χ1n) is 7.24.